The molecule has 0 saturated heterocycles. The van der Waals surface area contributed by atoms with Crippen molar-refractivity contribution in [3.63, 3.8) is 0 Å². The summed E-state index contributed by atoms with van der Waals surface area (Å²) in [5.74, 6) is 0.847. The number of benzene rings is 2. The Morgan fingerprint density at radius 2 is 1.81 bits per heavy atom. The zero-order valence-electron chi connectivity index (χ0n) is 21.4. The molecular formula is C29H31N3O4S. The first-order valence-corrected chi connectivity index (χ1v) is 13.7. The van der Waals surface area contributed by atoms with Crippen molar-refractivity contribution in [3.05, 3.63) is 80.6 Å². The molecule has 5 rings (SSSR count). The summed E-state index contributed by atoms with van der Waals surface area (Å²) in [6.07, 6.45) is 5.31. The molecule has 0 bridgehead atoms. The van der Waals surface area contributed by atoms with Crippen molar-refractivity contribution in [1.29, 1.82) is 0 Å². The molecule has 8 heteroatoms. The maximum Gasteiger partial charge on any atom is 0.297 e. The molecule has 0 N–H and O–H groups in total. The van der Waals surface area contributed by atoms with Crippen molar-refractivity contribution < 1.29 is 13.9 Å². The molecular weight excluding hydrogens is 486 g/mol. The van der Waals surface area contributed by atoms with Crippen molar-refractivity contribution in [3.8, 4) is 5.75 Å². The van der Waals surface area contributed by atoms with Crippen LogP contribution in [-0.2, 0) is 6.42 Å². The monoisotopic (exact) mass is 517 g/mol. The van der Waals surface area contributed by atoms with E-state index in [9.17, 15) is 9.59 Å². The standard InChI is InChI=1S/C29H31N3O4S/c1-4-5-6-9-16-35-20-14-12-19(13-15-20)25-24-26(33)21-10-7-8-11-22(21)36-27(24)28(34)32(25)29-31-30-23(37-29)17-18(2)3/h7-8,10-15,18,25H,4-6,9,16-17H2,1-3H3. The lowest BCUT2D eigenvalue weighted by Crippen LogP contribution is -2.29. The highest BCUT2D eigenvalue weighted by molar-refractivity contribution is 7.15. The van der Waals surface area contributed by atoms with Gasteiger partial charge in [0.15, 0.2) is 5.43 Å². The molecule has 1 unspecified atom stereocenters. The summed E-state index contributed by atoms with van der Waals surface area (Å²) in [6, 6.07) is 14.0. The summed E-state index contributed by atoms with van der Waals surface area (Å²) in [6.45, 7) is 7.07. The Morgan fingerprint density at radius 3 is 2.57 bits per heavy atom. The van der Waals surface area contributed by atoms with Gasteiger partial charge >= 0.3 is 0 Å². The second-order valence-electron chi connectivity index (χ2n) is 9.80. The van der Waals surface area contributed by atoms with Gasteiger partial charge in [0.2, 0.25) is 10.9 Å². The maximum atomic E-state index is 13.7. The number of hydrogen-bond donors (Lipinski definition) is 0. The van der Waals surface area contributed by atoms with E-state index in [0.29, 0.717) is 34.2 Å². The highest BCUT2D eigenvalue weighted by Crippen LogP contribution is 2.42. The molecule has 0 saturated carbocycles. The van der Waals surface area contributed by atoms with Crippen LogP contribution in [0.5, 0.6) is 5.75 Å². The Kier molecular flexibility index (Phi) is 7.37. The summed E-state index contributed by atoms with van der Waals surface area (Å²) in [4.78, 5) is 28.9. The van der Waals surface area contributed by atoms with Gasteiger partial charge in [-0.05, 0) is 42.2 Å². The fourth-order valence-electron chi connectivity index (χ4n) is 4.67. The lowest BCUT2D eigenvalue weighted by molar-refractivity contribution is 0.0970. The first-order valence-electron chi connectivity index (χ1n) is 12.9. The van der Waals surface area contributed by atoms with Crippen molar-refractivity contribution in [1.82, 2.24) is 10.2 Å². The second kappa shape index (κ2) is 10.8. The zero-order chi connectivity index (χ0) is 25.9. The highest BCUT2D eigenvalue weighted by atomic mass is 32.1. The summed E-state index contributed by atoms with van der Waals surface area (Å²) in [5.41, 5.74) is 1.30. The number of ether oxygens (including phenoxy) is 1. The van der Waals surface area contributed by atoms with E-state index in [-0.39, 0.29) is 17.1 Å². The molecule has 7 nitrogen and oxygen atoms in total. The van der Waals surface area contributed by atoms with Gasteiger partial charge in [-0.2, -0.15) is 0 Å². The summed E-state index contributed by atoms with van der Waals surface area (Å²) < 4.78 is 11.9. The number of amides is 1. The fourth-order valence-corrected chi connectivity index (χ4v) is 5.75. The number of aromatic nitrogens is 2. The SMILES string of the molecule is CCCCCCOc1ccc(C2c3c(oc4ccccc4c3=O)C(=O)N2c2nnc(CC(C)C)s2)cc1. The van der Waals surface area contributed by atoms with Gasteiger partial charge in [-0.25, -0.2) is 0 Å². The van der Waals surface area contributed by atoms with Crippen LogP contribution in [0.1, 0.15) is 79.2 Å². The van der Waals surface area contributed by atoms with E-state index < -0.39 is 6.04 Å². The predicted octanol–water partition coefficient (Wildman–Crippen LogP) is 6.55. The third kappa shape index (κ3) is 5.03. The Labute approximate surface area is 220 Å². The molecule has 0 radical (unpaired) electrons. The van der Waals surface area contributed by atoms with Crippen LogP contribution in [-0.4, -0.2) is 22.7 Å². The Bertz CT molecular complexity index is 1460. The van der Waals surface area contributed by atoms with Gasteiger partial charge in [0.1, 0.15) is 16.3 Å². The number of unbranched alkanes of at least 4 members (excludes halogenated alkanes) is 3. The molecule has 192 valence electrons. The lowest BCUT2D eigenvalue weighted by Gasteiger charge is -2.22. The number of hydrogen-bond acceptors (Lipinski definition) is 7. The van der Waals surface area contributed by atoms with E-state index in [2.05, 4.69) is 31.0 Å². The first kappa shape index (κ1) is 25.1. The Hall–Kier alpha value is -3.52. The maximum absolute atomic E-state index is 13.7. The highest BCUT2D eigenvalue weighted by Gasteiger charge is 2.45. The van der Waals surface area contributed by atoms with Crippen LogP contribution in [0.2, 0.25) is 0 Å². The van der Waals surface area contributed by atoms with E-state index in [1.807, 2.05) is 24.3 Å². The third-order valence-electron chi connectivity index (χ3n) is 6.49. The molecule has 0 aliphatic carbocycles. The van der Waals surface area contributed by atoms with Crippen molar-refractivity contribution in [2.45, 2.75) is 58.9 Å². The molecule has 1 atom stereocenters. The topological polar surface area (TPSA) is 85.5 Å². The number of carbonyl (C=O) groups excluding carboxylic acids is 1. The second-order valence-corrected chi connectivity index (χ2v) is 10.8. The van der Waals surface area contributed by atoms with Crippen LogP contribution in [0, 0.1) is 5.92 Å². The van der Waals surface area contributed by atoms with E-state index in [0.717, 1.165) is 35.6 Å². The number of fused-ring (bicyclic) bond motifs is 2. The van der Waals surface area contributed by atoms with Gasteiger partial charge in [0, 0.05) is 6.42 Å². The van der Waals surface area contributed by atoms with Crippen LogP contribution < -0.4 is 15.1 Å². The molecule has 1 aliphatic rings. The molecule has 37 heavy (non-hydrogen) atoms. The average molecular weight is 518 g/mol. The summed E-state index contributed by atoms with van der Waals surface area (Å²) >= 11 is 1.38. The largest absolute Gasteiger partial charge is 0.494 e. The van der Waals surface area contributed by atoms with Crippen molar-refractivity contribution in [2.75, 3.05) is 11.5 Å². The van der Waals surface area contributed by atoms with Gasteiger partial charge in [-0.15, -0.1) is 10.2 Å². The molecule has 2 aromatic heterocycles. The number of carbonyl (C=O) groups is 1. The summed E-state index contributed by atoms with van der Waals surface area (Å²) in [5, 5.41) is 10.4. The number of para-hydroxylation sites is 1. The van der Waals surface area contributed by atoms with Gasteiger partial charge in [-0.3, -0.25) is 14.5 Å². The average Bonchev–Trinajstić information content (AvgIpc) is 3.46. The Balaban J connectivity index is 1.54. The minimum atomic E-state index is -0.665. The van der Waals surface area contributed by atoms with E-state index in [1.54, 1.807) is 29.2 Å². The number of nitrogens with zero attached hydrogens (tertiary/aromatic N) is 3. The van der Waals surface area contributed by atoms with Crippen LogP contribution in [0.15, 0.2) is 57.7 Å². The van der Waals surface area contributed by atoms with Crippen LogP contribution in [0.4, 0.5) is 5.13 Å². The quantitative estimate of drug-likeness (QED) is 0.222. The van der Waals surface area contributed by atoms with E-state index in [4.69, 9.17) is 9.15 Å². The van der Waals surface area contributed by atoms with Gasteiger partial charge in [0.05, 0.1) is 23.6 Å². The predicted molar refractivity (Wildman–Crippen MR) is 146 cm³/mol. The summed E-state index contributed by atoms with van der Waals surface area (Å²) in [7, 11) is 0. The molecule has 3 heterocycles. The fraction of sp³-hybridized carbons (Fsp3) is 0.379. The molecule has 4 aromatic rings. The molecule has 0 fully saturated rings. The number of anilines is 1. The van der Waals surface area contributed by atoms with E-state index >= 15 is 0 Å². The molecule has 0 spiro atoms. The lowest BCUT2D eigenvalue weighted by atomic mass is 9.98. The van der Waals surface area contributed by atoms with Gasteiger partial charge in [0.25, 0.3) is 5.91 Å². The Morgan fingerprint density at radius 1 is 1.03 bits per heavy atom. The third-order valence-corrected chi connectivity index (χ3v) is 7.43. The smallest absolute Gasteiger partial charge is 0.297 e. The molecule has 1 amide bonds. The molecule has 1 aliphatic heterocycles. The molecule has 2 aromatic carbocycles. The van der Waals surface area contributed by atoms with Gasteiger partial charge in [-0.1, -0.05) is 75.6 Å². The number of rotatable bonds is 10. The van der Waals surface area contributed by atoms with Crippen LogP contribution in [0.3, 0.4) is 0 Å². The normalized spacial score (nSPS) is 15.1. The minimum absolute atomic E-state index is 0.0607. The van der Waals surface area contributed by atoms with Gasteiger partial charge < -0.3 is 9.15 Å². The van der Waals surface area contributed by atoms with Crippen molar-refractivity contribution >= 4 is 33.3 Å². The van der Waals surface area contributed by atoms with E-state index in [1.165, 1.54) is 24.2 Å². The first-order chi connectivity index (χ1) is 18.0. The van der Waals surface area contributed by atoms with Crippen LogP contribution >= 0.6 is 11.3 Å². The van der Waals surface area contributed by atoms with Crippen LogP contribution in [0.25, 0.3) is 11.0 Å². The van der Waals surface area contributed by atoms with Crippen molar-refractivity contribution in [2.24, 2.45) is 5.92 Å². The zero-order valence-corrected chi connectivity index (χ0v) is 22.2. The minimum Gasteiger partial charge on any atom is -0.494 e.